The van der Waals surface area contributed by atoms with E-state index in [1.165, 1.54) is 6.07 Å². The van der Waals surface area contributed by atoms with Gasteiger partial charge in [-0.05, 0) is 36.2 Å². The Morgan fingerprint density at radius 2 is 1.93 bits per heavy atom. The summed E-state index contributed by atoms with van der Waals surface area (Å²) in [5, 5.41) is 0.516. The highest BCUT2D eigenvalue weighted by atomic mass is 35.5. The predicted octanol–water partition coefficient (Wildman–Crippen LogP) is 5.22. The highest BCUT2D eigenvalue weighted by molar-refractivity contribution is 7.84. The fourth-order valence-corrected chi connectivity index (χ4v) is 4.79. The number of para-hydroxylation sites is 1. The van der Waals surface area contributed by atoms with Crippen molar-refractivity contribution in [3.63, 3.8) is 0 Å². The Hall–Kier alpha value is -2.61. The molecule has 0 atom stereocenters. The van der Waals surface area contributed by atoms with Gasteiger partial charge in [0, 0.05) is 41.0 Å². The zero-order valence-electron chi connectivity index (χ0n) is 16.1. The van der Waals surface area contributed by atoms with E-state index in [1.54, 1.807) is 47.2 Å². The molecule has 5 nitrogen and oxygen atoms in total. The highest BCUT2D eigenvalue weighted by Gasteiger charge is 2.27. The molecule has 30 heavy (non-hydrogen) atoms. The van der Waals surface area contributed by atoms with Gasteiger partial charge in [-0.15, -0.1) is 6.58 Å². The molecule has 2 heterocycles. The molecule has 0 spiro atoms. The number of nitrogens with zero attached hydrogens (tertiary/aromatic N) is 2. The molecule has 4 rings (SSSR count). The van der Waals surface area contributed by atoms with Crippen molar-refractivity contribution < 1.29 is 17.4 Å². The van der Waals surface area contributed by atoms with Crippen LogP contribution in [0.15, 0.2) is 61.3 Å². The van der Waals surface area contributed by atoms with Gasteiger partial charge in [-0.1, -0.05) is 35.9 Å². The fourth-order valence-electron chi connectivity index (χ4n) is 4.04. The molecule has 0 unspecified atom stereocenters. The zero-order valence-corrected chi connectivity index (χ0v) is 17.6. The van der Waals surface area contributed by atoms with Gasteiger partial charge in [0.2, 0.25) is 0 Å². The lowest BCUT2D eigenvalue weighted by atomic mass is 10.00. The number of anilines is 2. The summed E-state index contributed by atoms with van der Waals surface area (Å²) in [6.45, 7) is 4.25. The van der Waals surface area contributed by atoms with Crippen molar-refractivity contribution in [2.45, 2.75) is 18.7 Å². The number of halogens is 2. The summed E-state index contributed by atoms with van der Waals surface area (Å²) in [7, 11) is -4.22. The maximum atomic E-state index is 14.6. The third-order valence-electron chi connectivity index (χ3n) is 5.21. The second-order valence-corrected chi connectivity index (χ2v) is 9.01. The Balaban J connectivity index is 1.94. The third kappa shape index (κ3) is 3.88. The Kier molecular flexibility index (Phi) is 5.44. The number of aromatic nitrogens is 1. The van der Waals surface area contributed by atoms with E-state index in [0.29, 0.717) is 30.1 Å². The smallest absolute Gasteiger partial charge is 0.283 e. The summed E-state index contributed by atoms with van der Waals surface area (Å²) in [6.07, 6.45) is 4.41. The van der Waals surface area contributed by atoms with Gasteiger partial charge in [-0.2, -0.15) is 8.42 Å². The van der Waals surface area contributed by atoms with Crippen molar-refractivity contribution in [3.8, 4) is 11.1 Å². The number of benzene rings is 2. The van der Waals surface area contributed by atoms with E-state index in [1.807, 2.05) is 11.0 Å². The minimum absolute atomic E-state index is 0.335. The van der Waals surface area contributed by atoms with Crippen LogP contribution in [0.1, 0.15) is 11.3 Å². The van der Waals surface area contributed by atoms with Gasteiger partial charge in [0.05, 0.1) is 11.4 Å². The number of hydrogen-bond donors (Lipinski definition) is 1. The average Bonchev–Trinajstić information content (AvgIpc) is 2.91. The number of allylic oxidation sites excluding steroid dienone is 1. The largest absolute Gasteiger partial charge is 0.338 e. The first-order valence-electron chi connectivity index (χ1n) is 9.37. The lowest BCUT2D eigenvalue weighted by Crippen LogP contribution is -2.21. The van der Waals surface area contributed by atoms with Gasteiger partial charge in [0.15, 0.2) is 0 Å². The van der Waals surface area contributed by atoms with Crippen molar-refractivity contribution in [2.24, 2.45) is 0 Å². The van der Waals surface area contributed by atoms with E-state index in [4.69, 9.17) is 11.6 Å². The first kappa shape index (κ1) is 20.7. The van der Waals surface area contributed by atoms with Crippen LogP contribution in [0.25, 0.3) is 11.1 Å². The molecule has 3 aromatic rings. The van der Waals surface area contributed by atoms with Gasteiger partial charge in [0.1, 0.15) is 11.7 Å². The maximum absolute atomic E-state index is 14.6. The number of fused-ring (bicyclic) bond motifs is 3. The topological polar surface area (TPSA) is 62.5 Å². The summed E-state index contributed by atoms with van der Waals surface area (Å²) >= 11 is 6.27. The summed E-state index contributed by atoms with van der Waals surface area (Å²) < 4.78 is 48.6. The van der Waals surface area contributed by atoms with Gasteiger partial charge in [0.25, 0.3) is 10.1 Å². The molecule has 1 aliphatic heterocycles. The Bertz CT molecular complexity index is 1240. The van der Waals surface area contributed by atoms with Crippen LogP contribution in [-0.2, 0) is 28.8 Å². The van der Waals surface area contributed by atoms with E-state index in [-0.39, 0.29) is 5.82 Å². The monoisotopic (exact) mass is 446 g/mol. The standard InChI is InChI=1S/C22H20ClFN2O3S/c1-2-5-20-17-10-11-26(21-7-4-3-6-19(21)24)22-12-15(23)8-9-16(22)18(17)13-25(20)14-30(27,28)29/h2-4,6-9,12-13H,1,5,10-11,14H2,(H,27,28,29). The van der Waals surface area contributed by atoms with E-state index in [0.717, 1.165) is 28.1 Å². The number of hydrogen-bond acceptors (Lipinski definition) is 3. The van der Waals surface area contributed by atoms with Crippen molar-refractivity contribution in [1.82, 2.24) is 4.57 Å². The zero-order chi connectivity index (χ0) is 21.5. The van der Waals surface area contributed by atoms with Crippen molar-refractivity contribution in [3.05, 3.63) is 83.4 Å². The summed E-state index contributed by atoms with van der Waals surface area (Å²) in [5.74, 6) is -0.874. The van der Waals surface area contributed by atoms with Crippen molar-refractivity contribution in [2.75, 3.05) is 11.4 Å². The quantitative estimate of drug-likeness (QED) is 0.431. The normalized spacial score (nSPS) is 13.5. The highest BCUT2D eigenvalue weighted by Crippen LogP contribution is 2.43. The summed E-state index contributed by atoms with van der Waals surface area (Å²) in [6, 6.07) is 12.0. The third-order valence-corrected chi connectivity index (χ3v) is 6.05. The Labute approximate surface area is 179 Å². The van der Waals surface area contributed by atoms with Gasteiger partial charge < -0.3 is 9.47 Å². The molecule has 1 aromatic heterocycles. The molecule has 0 fully saturated rings. The lowest BCUT2D eigenvalue weighted by molar-refractivity contribution is 0.470. The maximum Gasteiger partial charge on any atom is 0.283 e. The van der Waals surface area contributed by atoms with Crippen LogP contribution in [0.4, 0.5) is 15.8 Å². The molecule has 0 amide bonds. The molecule has 1 aliphatic rings. The van der Waals surface area contributed by atoms with E-state index in [9.17, 15) is 17.4 Å². The Morgan fingerprint density at radius 3 is 2.63 bits per heavy atom. The lowest BCUT2D eigenvalue weighted by Gasteiger charge is -2.26. The summed E-state index contributed by atoms with van der Waals surface area (Å²) in [4.78, 5) is 1.89. The molecule has 1 N–H and O–H groups in total. The Morgan fingerprint density at radius 1 is 1.17 bits per heavy atom. The van der Waals surface area contributed by atoms with Gasteiger partial charge >= 0.3 is 0 Å². The minimum Gasteiger partial charge on any atom is -0.338 e. The molecule has 2 aromatic carbocycles. The second kappa shape index (κ2) is 7.91. The van der Waals surface area contributed by atoms with Crippen LogP contribution >= 0.6 is 11.6 Å². The molecule has 8 heteroatoms. The van der Waals surface area contributed by atoms with Gasteiger partial charge in [-0.3, -0.25) is 4.55 Å². The second-order valence-electron chi connectivity index (χ2n) is 7.16. The summed E-state index contributed by atoms with van der Waals surface area (Å²) in [5.41, 5.74) is 4.54. The van der Waals surface area contributed by atoms with Crippen LogP contribution in [-0.4, -0.2) is 24.1 Å². The molecule has 0 radical (unpaired) electrons. The molecule has 0 bridgehead atoms. The molecular weight excluding hydrogens is 427 g/mol. The first-order valence-corrected chi connectivity index (χ1v) is 11.4. The first-order chi connectivity index (χ1) is 14.3. The van der Waals surface area contributed by atoms with E-state index in [2.05, 4.69) is 6.58 Å². The molecule has 156 valence electrons. The van der Waals surface area contributed by atoms with E-state index >= 15 is 0 Å². The average molecular weight is 447 g/mol. The minimum atomic E-state index is -4.22. The molecule has 0 aliphatic carbocycles. The van der Waals surface area contributed by atoms with Crippen LogP contribution in [0, 0.1) is 5.82 Å². The van der Waals surface area contributed by atoms with Crippen molar-refractivity contribution in [1.29, 1.82) is 0 Å². The van der Waals surface area contributed by atoms with Crippen LogP contribution < -0.4 is 4.90 Å². The van der Waals surface area contributed by atoms with E-state index < -0.39 is 16.0 Å². The molecule has 0 saturated heterocycles. The number of rotatable bonds is 5. The van der Waals surface area contributed by atoms with Crippen molar-refractivity contribution >= 4 is 33.1 Å². The van der Waals surface area contributed by atoms with Crippen LogP contribution in [0.3, 0.4) is 0 Å². The SMILES string of the molecule is C=CCc1c2c(cn1CS(=O)(=O)O)-c1ccc(Cl)cc1N(c1ccccc1F)CC2. The van der Waals surface area contributed by atoms with Gasteiger partial charge in [-0.25, -0.2) is 4.39 Å². The molecular formula is C22H20ClFN2O3S. The molecule has 0 saturated carbocycles. The van der Waals surface area contributed by atoms with Crippen LogP contribution in [0.5, 0.6) is 0 Å². The fraction of sp³-hybridized carbons (Fsp3) is 0.182. The van der Waals surface area contributed by atoms with Crippen LogP contribution in [0.2, 0.25) is 5.02 Å². The predicted molar refractivity (Wildman–Crippen MR) is 117 cm³/mol.